The summed E-state index contributed by atoms with van der Waals surface area (Å²) in [7, 11) is 1.87. The van der Waals surface area contributed by atoms with E-state index >= 15 is 0 Å². The van der Waals surface area contributed by atoms with Gasteiger partial charge in [-0.3, -0.25) is 0 Å². The van der Waals surface area contributed by atoms with Gasteiger partial charge < -0.3 is 10.1 Å². The topological polar surface area (TPSA) is 34.2 Å². The van der Waals surface area contributed by atoms with Crippen molar-refractivity contribution < 1.29 is 4.74 Å². The molecule has 4 heteroatoms. The molecule has 0 aromatic carbocycles. The number of thiazole rings is 1. The molecule has 1 N–H and O–H groups in total. The number of rotatable bonds is 6. The molecule has 1 saturated carbocycles. The van der Waals surface area contributed by atoms with Crippen LogP contribution in [0.5, 0.6) is 0 Å². The average molecular weight is 268 g/mol. The van der Waals surface area contributed by atoms with Gasteiger partial charge in [0, 0.05) is 31.1 Å². The van der Waals surface area contributed by atoms with Gasteiger partial charge in [0.2, 0.25) is 0 Å². The third-order valence-corrected chi connectivity index (χ3v) is 4.86. The van der Waals surface area contributed by atoms with E-state index < -0.39 is 0 Å². The normalized spacial score (nSPS) is 20.8. The lowest BCUT2D eigenvalue weighted by Crippen LogP contribution is -2.54. The Balaban J connectivity index is 2.10. The maximum absolute atomic E-state index is 5.96. The Bertz CT molecular complexity index is 334. The predicted molar refractivity (Wildman–Crippen MR) is 76.1 cm³/mol. The lowest BCUT2D eigenvalue weighted by Gasteiger charge is -2.42. The van der Waals surface area contributed by atoms with Crippen LogP contribution in [0.3, 0.4) is 0 Å². The van der Waals surface area contributed by atoms with Crippen LogP contribution in [-0.2, 0) is 11.2 Å². The SMILES string of the molecule is CCNC(Cc1nccs1)C1(OC)CCCCC1. The molecule has 1 aliphatic rings. The van der Waals surface area contributed by atoms with Crippen LogP contribution < -0.4 is 5.32 Å². The summed E-state index contributed by atoms with van der Waals surface area (Å²) >= 11 is 1.74. The molecule has 1 unspecified atom stereocenters. The number of nitrogens with zero attached hydrogens (tertiary/aromatic N) is 1. The van der Waals surface area contributed by atoms with Crippen molar-refractivity contribution in [3.63, 3.8) is 0 Å². The van der Waals surface area contributed by atoms with Gasteiger partial charge in [0.05, 0.1) is 10.6 Å². The predicted octanol–water partition coefficient (Wildman–Crippen LogP) is 3.01. The molecule has 1 fully saturated rings. The number of aromatic nitrogens is 1. The summed E-state index contributed by atoms with van der Waals surface area (Å²) in [6, 6.07) is 0.388. The van der Waals surface area contributed by atoms with Crippen molar-refractivity contribution in [3.05, 3.63) is 16.6 Å². The van der Waals surface area contributed by atoms with Gasteiger partial charge in [0.1, 0.15) is 0 Å². The number of ether oxygens (including phenoxy) is 1. The van der Waals surface area contributed by atoms with E-state index in [1.54, 1.807) is 11.3 Å². The van der Waals surface area contributed by atoms with E-state index in [2.05, 4.69) is 22.6 Å². The quantitative estimate of drug-likeness (QED) is 0.861. The molecule has 3 nitrogen and oxygen atoms in total. The summed E-state index contributed by atoms with van der Waals surface area (Å²) in [4.78, 5) is 4.42. The summed E-state index contributed by atoms with van der Waals surface area (Å²) in [5.41, 5.74) is 0.0138. The first kappa shape index (κ1) is 14.0. The molecule has 2 rings (SSSR count). The minimum Gasteiger partial charge on any atom is -0.377 e. The van der Waals surface area contributed by atoms with Gasteiger partial charge in [-0.05, 0) is 19.4 Å². The van der Waals surface area contributed by atoms with Gasteiger partial charge >= 0.3 is 0 Å². The minimum absolute atomic E-state index is 0.0138. The van der Waals surface area contributed by atoms with Crippen LogP contribution in [-0.4, -0.2) is 30.3 Å². The molecule has 0 bridgehead atoms. The fourth-order valence-electron chi connectivity index (χ4n) is 3.06. The van der Waals surface area contributed by atoms with E-state index in [1.165, 1.54) is 37.1 Å². The Morgan fingerprint density at radius 1 is 1.44 bits per heavy atom. The number of hydrogen-bond donors (Lipinski definition) is 1. The Labute approximate surface area is 114 Å². The first-order valence-corrected chi connectivity index (χ1v) is 7.85. The van der Waals surface area contributed by atoms with Crippen molar-refractivity contribution >= 4 is 11.3 Å². The van der Waals surface area contributed by atoms with Crippen molar-refractivity contribution in [1.29, 1.82) is 0 Å². The zero-order valence-electron chi connectivity index (χ0n) is 11.4. The molecule has 1 heterocycles. The van der Waals surface area contributed by atoms with Gasteiger partial charge in [0.25, 0.3) is 0 Å². The summed E-state index contributed by atoms with van der Waals surface area (Å²) in [6.45, 7) is 3.15. The van der Waals surface area contributed by atoms with Gasteiger partial charge in [-0.15, -0.1) is 11.3 Å². The van der Waals surface area contributed by atoms with Crippen LogP contribution in [0, 0.1) is 0 Å². The molecule has 1 aromatic heterocycles. The Kier molecular flexibility index (Phi) is 5.15. The van der Waals surface area contributed by atoms with Gasteiger partial charge in [-0.2, -0.15) is 0 Å². The van der Waals surface area contributed by atoms with Crippen LogP contribution in [0.1, 0.15) is 44.0 Å². The van der Waals surface area contributed by atoms with Gasteiger partial charge in [-0.25, -0.2) is 4.98 Å². The molecule has 0 saturated heterocycles. The highest BCUT2D eigenvalue weighted by molar-refractivity contribution is 7.09. The Morgan fingerprint density at radius 3 is 2.78 bits per heavy atom. The molecule has 0 spiro atoms. The molecule has 0 aliphatic heterocycles. The standard InChI is InChI=1S/C14H24N2OS/c1-3-15-12(11-13-16-9-10-18-13)14(17-2)7-5-4-6-8-14/h9-10,12,15H,3-8,11H2,1-2H3. The van der Waals surface area contributed by atoms with E-state index in [1.807, 2.05) is 13.3 Å². The fourth-order valence-corrected chi connectivity index (χ4v) is 3.73. The largest absolute Gasteiger partial charge is 0.377 e. The minimum atomic E-state index is 0.0138. The molecule has 1 aliphatic carbocycles. The lowest BCUT2D eigenvalue weighted by molar-refractivity contribution is -0.0669. The van der Waals surface area contributed by atoms with E-state index in [0.29, 0.717) is 6.04 Å². The van der Waals surface area contributed by atoms with Crippen molar-refractivity contribution in [2.75, 3.05) is 13.7 Å². The monoisotopic (exact) mass is 268 g/mol. The number of nitrogens with one attached hydrogen (secondary N) is 1. The molecular weight excluding hydrogens is 244 g/mol. The number of hydrogen-bond acceptors (Lipinski definition) is 4. The second-order valence-corrected chi connectivity index (χ2v) is 6.05. The first-order chi connectivity index (χ1) is 8.80. The highest BCUT2D eigenvalue weighted by Gasteiger charge is 2.39. The average Bonchev–Trinajstić information content (AvgIpc) is 2.92. The molecule has 0 amide bonds. The van der Waals surface area contributed by atoms with E-state index in [-0.39, 0.29) is 5.60 Å². The maximum atomic E-state index is 5.96. The smallest absolute Gasteiger partial charge is 0.0941 e. The molecule has 1 atom stereocenters. The van der Waals surface area contributed by atoms with Gasteiger partial charge in [-0.1, -0.05) is 26.2 Å². The van der Waals surface area contributed by atoms with E-state index in [9.17, 15) is 0 Å². The third-order valence-electron chi connectivity index (χ3n) is 4.05. The number of likely N-dealkylation sites (N-methyl/N-ethyl adjacent to an activating group) is 1. The highest BCUT2D eigenvalue weighted by atomic mass is 32.1. The molecule has 1 aromatic rings. The third kappa shape index (κ3) is 3.11. The fraction of sp³-hybridized carbons (Fsp3) is 0.786. The molecule has 102 valence electrons. The maximum Gasteiger partial charge on any atom is 0.0941 e. The molecule has 0 radical (unpaired) electrons. The second kappa shape index (κ2) is 6.64. The second-order valence-electron chi connectivity index (χ2n) is 5.07. The number of methoxy groups -OCH3 is 1. The van der Waals surface area contributed by atoms with E-state index in [0.717, 1.165) is 13.0 Å². The van der Waals surface area contributed by atoms with Crippen LogP contribution in [0.15, 0.2) is 11.6 Å². The highest BCUT2D eigenvalue weighted by Crippen LogP contribution is 2.35. The summed E-state index contributed by atoms with van der Waals surface area (Å²) < 4.78 is 5.96. The van der Waals surface area contributed by atoms with E-state index in [4.69, 9.17) is 4.74 Å². The Morgan fingerprint density at radius 2 is 2.22 bits per heavy atom. The first-order valence-electron chi connectivity index (χ1n) is 6.97. The summed E-state index contributed by atoms with van der Waals surface area (Å²) in [5, 5.41) is 6.89. The van der Waals surface area contributed by atoms with Crippen molar-refractivity contribution in [1.82, 2.24) is 10.3 Å². The van der Waals surface area contributed by atoms with Crippen LogP contribution >= 0.6 is 11.3 Å². The van der Waals surface area contributed by atoms with Crippen LogP contribution in [0.2, 0.25) is 0 Å². The lowest BCUT2D eigenvalue weighted by atomic mass is 9.78. The van der Waals surface area contributed by atoms with Gasteiger partial charge in [0.15, 0.2) is 0 Å². The van der Waals surface area contributed by atoms with Crippen LogP contribution in [0.4, 0.5) is 0 Å². The molecule has 18 heavy (non-hydrogen) atoms. The van der Waals surface area contributed by atoms with Crippen molar-refractivity contribution in [3.8, 4) is 0 Å². The Hall–Kier alpha value is -0.450. The zero-order valence-corrected chi connectivity index (χ0v) is 12.3. The summed E-state index contributed by atoms with van der Waals surface area (Å²) in [5.74, 6) is 0. The van der Waals surface area contributed by atoms with Crippen LogP contribution in [0.25, 0.3) is 0 Å². The zero-order chi connectivity index (χ0) is 12.8. The van der Waals surface area contributed by atoms with Crippen molar-refractivity contribution in [2.45, 2.75) is 57.1 Å². The van der Waals surface area contributed by atoms with Crippen molar-refractivity contribution in [2.24, 2.45) is 0 Å². The summed E-state index contributed by atoms with van der Waals surface area (Å²) in [6.07, 6.45) is 9.14. The molecular formula is C14H24N2OS.